The summed E-state index contributed by atoms with van der Waals surface area (Å²) in [5.74, 6) is 0.489. The van der Waals surface area contributed by atoms with Crippen molar-refractivity contribution in [1.29, 1.82) is 0 Å². The molecule has 4 heteroatoms. The first kappa shape index (κ1) is 17.0. The Morgan fingerprint density at radius 1 is 1.09 bits per heavy atom. The SMILES string of the molecule is CCC(C)c1ccc(Cl)cc1-c1cccc(S(=O)(=O)CC)c1. The van der Waals surface area contributed by atoms with Gasteiger partial charge in [0, 0.05) is 5.02 Å². The van der Waals surface area contributed by atoms with Crippen LogP contribution in [0.5, 0.6) is 0 Å². The molecule has 0 heterocycles. The molecule has 2 aromatic carbocycles. The van der Waals surface area contributed by atoms with E-state index in [2.05, 4.69) is 13.8 Å². The van der Waals surface area contributed by atoms with Crippen molar-refractivity contribution in [2.45, 2.75) is 38.0 Å². The van der Waals surface area contributed by atoms with Gasteiger partial charge in [0.2, 0.25) is 0 Å². The van der Waals surface area contributed by atoms with E-state index in [1.807, 2.05) is 24.3 Å². The lowest BCUT2D eigenvalue weighted by Gasteiger charge is -2.16. The predicted molar refractivity (Wildman–Crippen MR) is 93.3 cm³/mol. The molecule has 118 valence electrons. The third kappa shape index (κ3) is 3.53. The van der Waals surface area contributed by atoms with Crippen LogP contribution in [0.2, 0.25) is 5.02 Å². The molecule has 0 aromatic heterocycles. The Bertz CT molecular complexity index is 766. The maximum atomic E-state index is 12.1. The van der Waals surface area contributed by atoms with Crippen LogP contribution in [0.25, 0.3) is 11.1 Å². The molecule has 0 spiro atoms. The van der Waals surface area contributed by atoms with Gasteiger partial charge in [-0.2, -0.15) is 0 Å². The highest BCUT2D eigenvalue weighted by Crippen LogP contribution is 2.34. The van der Waals surface area contributed by atoms with Crippen LogP contribution in [-0.2, 0) is 9.84 Å². The van der Waals surface area contributed by atoms with Crippen LogP contribution in [0.4, 0.5) is 0 Å². The van der Waals surface area contributed by atoms with Crippen molar-refractivity contribution in [3.63, 3.8) is 0 Å². The smallest absolute Gasteiger partial charge is 0.178 e. The number of rotatable bonds is 5. The van der Waals surface area contributed by atoms with Gasteiger partial charge in [0.1, 0.15) is 0 Å². The minimum atomic E-state index is -3.21. The van der Waals surface area contributed by atoms with Crippen molar-refractivity contribution in [3.8, 4) is 11.1 Å². The van der Waals surface area contributed by atoms with Crippen LogP contribution < -0.4 is 0 Å². The first-order chi connectivity index (χ1) is 10.4. The van der Waals surface area contributed by atoms with E-state index in [0.29, 0.717) is 15.8 Å². The first-order valence-corrected chi connectivity index (χ1v) is 9.54. The Hall–Kier alpha value is -1.32. The first-order valence-electron chi connectivity index (χ1n) is 7.51. The van der Waals surface area contributed by atoms with E-state index in [4.69, 9.17) is 11.6 Å². The monoisotopic (exact) mass is 336 g/mol. The number of hydrogen-bond acceptors (Lipinski definition) is 2. The van der Waals surface area contributed by atoms with E-state index in [-0.39, 0.29) is 5.75 Å². The quantitative estimate of drug-likeness (QED) is 0.741. The van der Waals surface area contributed by atoms with E-state index in [9.17, 15) is 8.42 Å². The summed E-state index contributed by atoms with van der Waals surface area (Å²) in [5.41, 5.74) is 3.10. The number of hydrogen-bond donors (Lipinski definition) is 0. The van der Waals surface area contributed by atoms with Crippen molar-refractivity contribution in [1.82, 2.24) is 0 Å². The van der Waals surface area contributed by atoms with Crippen LogP contribution in [0.15, 0.2) is 47.4 Å². The molecule has 0 radical (unpaired) electrons. The molecule has 0 aliphatic rings. The standard InChI is InChI=1S/C18H21ClO2S/c1-4-13(3)17-10-9-15(19)12-18(17)14-7-6-8-16(11-14)22(20,21)5-2/h6-13H,4-5H2,1-3H3. The van der Waals surface area contributed by atoms with Gasteiger partial charge in [0.25, 0.3) is 0 Å². The molecule has 1 atom stereocenters. The summed E-state index contributed by atoms with van der Waals surface area (Å²) in [4.78, 5) is 0.363. The van der Waals surface area contributed by atoms with Crippen molar-refractivity contribution >= 4 is 21.4 Å². The van der Waals surface area contributed by atoms with E-state index >= 15 is 0 Å². The molecule has 0 saturated carbocycles. The van der Waals surface area contributed by atoms with E-state index in [1.54, 1.807) is 25.1 Å². The summed E-state index contributed by atoms with van der Waals surface area (Å²) in [6.07, 6.45) is 1.02. The van der Waals surface area contributed by atoms with Crippen LogP contribution >= 0.6 is 11.6 Å². The van der Waals surface area contributed by atoms with Crippen molar-refractivity contribution in [2.24, 2.45) is 0 Å². The average molecular weight is 337 g/mol. The Morgan fingerprint density at radius 3 is 2.45 bits per heavy atom. The zero-order chi connectivity index (χ0) is 16.3. The normalized spacial score (nSPS) is 13.1. The van der Waals surface area contributed by atoms with Gasteiger partial charge in [-0.05, 0) is 53.3 Å². The van der Waals surface area contributed by atoms with Gasteiger partial charge in [-0.1, -0.05) is 50.6 Å². The Labute approximate surface area is 138 Å². The van der Waals surface area contributed by atoms with Crippen LogP contribution in [0.3, 0.4) is 0 Å². The molecule has 0 amide bonds. The highest BCUT2D eigenvalue weighted by molar-refractivity contribution is 7.91. The topological polar surface area (TPSA) is 34.1 Å². The summed E-state index contributed by atoms with van der Waals surface area (Å²) >= 11 is 6.15. The maximum Gasteiger partial charge on any atom is 0.178 e. The number of sulfone groups is 1. The summed E-state index contributed by atoms with van der Waals surface area (Å²) in [6, 6.07) is 13.0. The minimum Gasteiger partial charge on any atom is -0.224 e. The lowest BCUT2D eigenvalue weighted by atomic mass is 9.90. The zero-order valence-electron chi connectivity index (χ0n) is 13.1. The predicted octanol–water partition coefficient (Wildman–Crippen LogP) is 5.31. The fourth-order valence-electron chi connectivity index (χ4n) is 2.45. The Morgan fingerprint density at radius 2 is 1.82 bits per heavy atom. The van der Waals surface area contributed by atoms with Crippen molar-refractivity contribution < 1.29 is 8.42 Å². The van der Waals surface area contributed by atoms with Gasteiger partial charge in [0.05, 0.1) is 10.6 Å². The third-order valence-corrected chi connectivity index (χ3v) is 6.01. The Kier molecular flexibility index (Phi) is 5.30. The molecule has 22 heavy (non-hydrogen) atoms. The second kappa shape index (κ2) is 6.84. The maximum absolute atomic E-state index is 12.1. The van der Waals surface area contributed by atoms with Gasteiger partial charge >= 0.3 is 0 Å². The second-order valence-corrected chi connectivity index (χ2v) is 8.19. The van der Waals surface area contributed by atoms with E-state index in [1.165, 1.54) is 5.56 Å². The molecule has 2 nitrogen and oxygen atoms in total. The van der Waals surface area contributed by atoms with Gasteiger partial charge in [-0.25, -0.2) is 8.42 Å². The fraction of sp³-hybridized carbons (Fsp3) is 0.333. The van der Waals surface area contributed by atoms with Gasteiger partial charge in [-0.15, -0.1) is 0 Å². The van der Waals surface area contributed by atoms with Gasteiger partial charge in [0.15, 0.2) is 9.84 Å². The molecule has 0 fully saturated rings. The van der Waals surface area contributed by atoms with Crippen LogP contribution in [-0.4, -0.2) is 14.2 Å². The molecule has 0 aliphatic carbocycles. The molecule has 1 unspecified atom stereocenters. The van der Waals surface area contributed by atoms with Crippen molar-refractivity contribution in [2.75, 3.05) is 5.75 Å². The minimum absolute atomic E-state index is 0.101. The average Bonchev–Trinajstić information content (AvgIpc) is 2.54. The van der Waals surface area contributed by atoms with Gasteiger partial charge in [-0.3, -0.25) is 0 Å². The molecule has 0 bridgehead atoms. The van der Waals surface area contributed by atoms with E-state index < -0.39 is 9.84 Å². The summed E-state index contributed by atoms with van der Waals surface area (Å²) in [7, 11) is -3.21. The number of halogens is 1. The molecule has 0 aliphatic heterocycles. The van der Waals surface area contributed by atoms with Crippen LogP contribution in [0, 0.1) is 0 Å². The molecule has 0 saturated heterocycles. The van der Waals surface area contributed by atoms with Gasteiger partial charge < -0.3 is 0 Å². The molecule has 0 N–H and O–H groups in total. The third-order valence-electron chi connectivity index (χ3n) is 4.04. The highest BCUT2D eigenvalue weighted by Gasteiger charge is 2.15. The summed E-state index contributed by atoms with van der Waals surface area (Å²) in [6.45, 7) is 5.96. The number of benzene rings is 2. The van der Waals surface area contributed by atoms with E-state index in [0.717, 1.165) is 17.5 Å². The second-order valence-electron chi connectivity index (χ2n) is 5.47. The molecular weight excluding hydrogens is 316 g/mol. The highest BCUT2D eigenvalue weighted by atomic mass is 35.5. The molecule has 2 rings (SSSR count). The van der Waals surface area contributed by atoms with Crippen molar-refractivity contribution in [3.05, 3.63) is 53.1 Å². The fourth-order valence-corrected chi connectivity index (χ4v) is 3.55. The molecule has 2 aromatic rings. The van der Waals surface area contributed by atoms with Crippen LogP contribution in [0.1, 0.15) is 38.7 Å². The largest absolute Gasteiger partial charge is 0.224 e. The lowest BCUT2D eigenvalue weighted by Crippen LogP contribution is -2.04. The lowest BCUT2D eigenvalue weighted by molar-refractivity contribution is 0.597. The Balaban J connectivity index is 2.62. The molecular formula is C18H21ClO2S. The summed E-state index contributed by atoms with van der Waals surface area (Å²) in [5, 5.41) is 0.658. The summed E-state index contributed by atoms with van der Waals surface area (Å²) < 4.78 is 24.2. The zero-order valence-corrected chi connectivity index (χ0v) is 14.7.